The first-order chi connectivity index (χ1) is 16.0. The first-order valence-corrected chi connectivity index (χ1v) is 12.4. The smallest absolute Gasteiger partial charge is 0.245 e. The molecule has 2 aromatic rings. The van der Waals surface area contributed by atoms with E-state index in [1.54, 1.807) is 23.2 Å². The summed E-state index contributed by atoms with van der Waals surface area (Å²) >= 11 is 1.65. The second-order valence-corrected chi connectivity index (χ2v) is 9.85. The van der Waals surface area contributed by atoms with Crippen molar-refractivity contribution in [1.29, 1.82) is 0 Å². The molecule has 2 fully saturated rings. The summed E-state index contributed by atoms with van der Waals surface area (Å²) in [6.07, 6.45) is 5.11. The van der Waals surface area contributed by atoms with Crippen molar-refractivity contribution >= 4 is 29.1 Å². The summed E-state index contributed by atoms with van der Waals surface area (Å²) < 4.78 is 0. The summed E-state index contributed by atoms with van der Waals surface area (Å²) in [7, 11) is 0. The number of carbonyl (C=O) groups excluding carboxylic acids is 3. The molecule has 33 heavy (non-hydrogen) atoms. The zero-order valence-corrected chi connectivity index (χ0v) is 19.5. The highest BCUT2D eigenvalue weighted by Crippen LogP contribution is 2.36. The van der Waals surface area contributed by atoms with Gasteiger partial charge in [-0.2, -0.15) is 0 Å². The fourth-order valence-corrected chi connectivity index (χ4v) is 5.85. The van der Waals surface area contributed by atoms with E-state index >= 15 is 0 Å². The summed E-state index contributed by atoms with van der Waals surface area (Å²) in [5, 5.41) is 3.12. The molecule has 0 radical (unpaired) electrons. The predicted octanol–water partition coefficient (Wildman–Crippen LogP) is 2.79. The van der Waals surface area contributed by atoms with Crippen LogP contribution in [0.5, 0.6) is 0 Å². The average Bonchev–Trinajstić information content (AvgIpc) is 3.42. The molecule has 0 spiro atoms. The Morgan fingerprint density at radius 1 is 1.03 bits per heavy atom. The third-order valence-corrected chi connectivity index (χ3v) is 7.87. The van der Waals surface area contributed by atoms with Gasteiger partial charge in [0.1, 0.15) is 11.0 Å². The molecule has 5 rings (SSSR count). The van der Waals surface area contributed by atoms with Crippen LogP contribution in [0.3, 0.4) is 0 Å². The van der Waals surface area contributed by atoms with Crippen LogP contribution in [0.2, 0.25) is 0 Å². The number of hydrogen-bond donors (Lipinski definition) is 0. The number of thiazole rings is 1. The van der Waals surface area contributed by atoms with Gasteiger partial charge in [-0.15, -0.1) is 11.3 Å². The summed E-state index contributed by atoms with van der Waals surface area (Å²) in [5.74, 6) is -1.11. The van der Waals surface area contributed by atoms with Gasteiger partial charge in [-0.3, -0.25) is 24.2 Å². The molecule has 1 aliphatic carbocycles. The van der Waals surface area contributed by atoms with E-state index in [1.807, 2.05) is 30.4 Å². The van der Waals surface area contributed by atoms with Crippen LogP contribution in [0.15, 0.2) is 47.9 Å². The lowest BCUT2D eigenvalue weighted by Gasteiger charge is -2.36. The molecule has 0 unspecified atom stereocenters. The highest BCUT2D eigenvalue weighted by Gasteiger charge is 2.50. The molecule has 172 valence electrons. The van der Waals surface area contributed by atoms with Crippen LogP contribution >= 0.6 is 11.3 Å². The molecule has 3 aliphatic rings. The summed E-state index contributed by atoms with van der Waals surface area (Å²) in [4.78, 5) is 48.9. The van der Waals surface area contributed by atoms with Crippen LogP contribution in [0.1, 0.15) is 25.5 Å². The molecule has 1 aromatic heterocycles. The Kier molecular flexibility index (Phi) is 6.12. The normalized spacial score (nSPS) is 24.3. The lowest BCUT2D eigenvalue weighted by molar-refractivity contribution is -0.151. The van der Waals surface area contributed by atoms with Crippen LogP contribution in [0, 0.1) is 11.8 Å². The van der Waals surface area contributed by atoms with Gasteiger partial charge in [0.05, 0.1) is 17.5 Å². The number of benzene rings is 1. The van der Waals surface area contributed by atoms with E-state index in [4.69, 9.17) is 4.98 Å². The lowest BCUT2D eigenvalue weighted by atomic mass is 9.85. The SMILES string of the molecule is C[C@H](C(=O)N1CCN(Cc2csc(-c3ccccc3)n2)CC1)N1C(=O)[C@H]2CC=CC[C@H]2C1=O. The Morgan fingerprint density at radius 2 is 1.67 bits per heavy atom. The van der Waals surface area contributed by atoms with E-state index < -0.39 is 6.04 Å². The summed E-state index contributed by atoms with van der Waals surface area (Å²) in [6, 6.07) is 9.42. The van der Waals surface area contributed by atoms with Gasteiger partial charge in [0, 0.05) is 43.7 Å². The number of rotatable bonds is 5. The van der Waals surface area contributed by atoms with Crippen molar-refractivity contribution in [2.24, 2.45) is 11.8 Å². The van der Waals surface area contributed by atoms with Crippen molar-refractivity contribution in [3.05, 3.63) is 53.6 Å². The molecule has 1 aromatic carbocycles. The number of amides is 3. The maximum atomic E-state index is 13.1. The van der Waals surface area contributed by atoms with Crippen molar-refractivity contribution in [2.75, 3.05) is 26.2 Å². The fourth-order valence-electron chi connectivity index (χ4n) is 5.03. The third kappa shape index (κ3) is 4.25. The highest BCUT2D eigenvalue weighted by molar-refractivity contribution is 7.13. The number of fused-ring (bicyclic) bond motifs is 1. The Hall–Kier alpha value is -2.84. The zero-order valence-electron chi connectivity index (χ0n) is 18.7. The summed E-state index contributed by atoms with van der Waals surface area (Å²) in [6.45, 7) is 5.10. The number of nitrogens with zero attached hydrogens (tertiary/aromatic N) is 4. The van der Waals surface area contributed by atoms with Crippen LogP contribution in [0.25, 0.3) is 10.6 Å². The number of allylic oxidation sites excluding steroid dienone is 2. The molecule has 0 bridgehead atoms. The van der Waals surface area contributed by atoms with E-state index in [9.17, 15) is 14.4 Å². The minimum atomic E-state index is -0.742. The van der Waals surface area contributed by atoms with Gasteiger partial charge in [-0.05, 0) is 19.8 Å². The number of hydrogen-bond acceptors (Lipinski definition) is 6. The average molecular weight is 465 g/mol. The largest absolute Gasteiger partial charge is 0.338 e. The van der Waals surface area contributed by atoms with Gasteiger partial charge in [0.15, 0.2) is 0 Å². The molecular weight excluding hydrogens is 436 g/mol. The Labute approximate surface area is 197 Å². The molecule has 2 aliphatic heterocycles. The Bertz CT molecular complexity index is 1050. The highest BCUT2D eigenvalue weighted by atomic mass is 32.1. The van der Waals surface area contributed by atoms with Crippen molar-refractivity contribution < 1.29 is 14.4 Å². The molecular formula is C25H28N4O3S. The summed E-state index contributed by atoms with van der Waals surface area (Å²) in [5.41, 5.74) is 2.16. The number of imide groups is 1. The van der Waals surface area contributed by atoms with Gasteiger partial charge >= 0.3 is 0 Å². The van der Waals surface area contributed by atoms with Crippen LogP contribution in [0.4, 0.5) is 0 Å². The van der Waals surface area contributed by atoms with E-state index in [1.165, 1.54) is 4.90 Å². The Balaban J connectivity index is 1.16. The minimum absolute atomic E-state index is 0.136. The third-order valence-electron chi connectivity index (χ3n) is 6.93. The molecule has 2 saturated heterocycles. The minimum Gasteiger partial charge on any atom is -0.338 e. The molecule has 3 heterocycles. The van der Waals surface area contributed by atoms with E-state index in [0.29, 0.717) is 25.9 Å². The van der Waals surface area contributed by atoms with Gasteiger partial charge in [0.2, 0.25) is 17.7 Å². The van der Waals surface area contributed by atoms with Gasteiger partial charge in [-0.1, -0.05) is 42.5 Å². The second-order valence-electron chi connectivity index (χ2n) is 8.99. The van der Waals surface area contributed by atoms with E-state index in [2.05, 4.69) is 22.4 Å². The van der Waals surface area contributed by atoms with Crippen LogP contribution in [-0.4, -0.2) is 69.6 Å². The molecule has 3 amide bonds. The number of aromatic nitrogens is 1. The lowest BCUT2D eigenvalue weighted by Crippen LogP contribution is -2.55. The molecule has 7 nitrogen and oxygen atoms in total. The van der Waals surface area contributed by atoms with Gasteiger partial charge < -0.3 is 4.90 Å². The number of carbonyl (C=O) groups is 3. The van der Waals surface area contributed by atoms with Gasteiger partial charge in [0.25, 0.3) is 0 Å². The van der Waals surface area contributed by atoms with Crippen LogP contribution < -0.4 is 0 Å². The van der Waals surface area contributed by atoms with Crippen molar-refractivity contribution in [1.82, 2.24) is 19.7 Å². The standard InChI is InChI=1S/C25H28N4O3S/c1-17(29-24(31)20-9-5-6-10-21(20)25(29)32)23(30)28-13-11-27(12-14-28)15-19-16-33-22(26-19)18-7-3-2-4-8-18/h2-8,16-17,20-21H,9-15H2,1H3/t17-,20-,21+/m1/s1. The van der Waals surface area contributed by atoms with Crippen molar-refractivity contribution in [3.8, 4) is 10.6 Å². The predicted molar refractivity (Wildman–Crippen MR) is 126 cm³/mol. The monoisotopic (exact) mass is 464 g/mol. The van der Waals surface area contributed by atoms with Crippen molar-refractivity contribution in [2.45, 2.75) is 32.4 Å². The maximum Gasteiger partial charge on any atom is 0.245 e. The second kappa shape index (κ2) is 9.19. The number of piperazine rings is 1. The molecule has 8 heteroatoms. The molecule has 3 atom stereocenters. The van der Waals surface area contributed by atoms with Crippen molar-refractivity contribution in [3.63, 3.8) is 0 Å². The fraction of sp³-hybridized carbons (Fsp3) is 0.440. The zero-order chi connectivity index (χ0) is 22.9. The van der Waals surface area contributed by atoms with Gasteiger partial charge in [-0.25, -0.2) is 4.98 Å². The van der Waals surface area contributed by atoms with Crippen LogP contribution in [-0.2, 0) is 20.9 Å². The quantitative estimate of drug-likeness (QED) is 0.503. The first-order valence-electron chi connectivity index (χ1n) is 11.6. The topological polar surface area (TPSA) is 73.8 Å². The maximum absolute atomic E-state index is 13.1. The molecule has 0 N–H and O–H groups in total. The van der Waals surface area contributed by atoms with E-state index in [-0.39, 0.29) is 29.6 Å². The number of likely N-dealkylation sites (tertiary alicyclic amines) is 1. The van der Waals surface area contributed by atoms with E-state index in [0.717, 1.165) is 35.9 Å². The first kappa shape index (κ1) is 22.0. The molecule has 0 saturated carbocycles. The Morgan fingerprint density at radius 3 is 2.30 bits per heavy atom.